The molecular formula is C26H27FN2O3. The van der Waals surface area contributed by atoms with Crippen LogP contribution in [-0.4, -0.2) is 35.0 Å². The van der Waals surface area contributed by atoms with Crippen molar-refractivity contribution in [1.29, 1.82) is 0 Å². The Morgan fingerprint density at radius 2 is 1.50 bits per heavy atom. The third-order valence-corrected chi connectivity index (χ3v) is 5.14. The summed E-state index contributed by atoms with van der Waals surface area (Å²) in [6.45, 7) is 0.0396. The zero-order valence-electron chi connectivity index (χ0n) is 17.8. The number of hydrogen-bond donors (Lipinski definition) is 2. The highest BCUT2D eigenvalue weighted by Gasteiger charge is 2.31. The van der Waals surface area contributed by atoms with Gasteiger partial charge in [0, 0.05) is 19.5 Å². The van der Waals surface area contributed by atoms with Crippen molar-refractivity contribution in [3.05, 3.63) is 107 Å². The minimum absolute atomic E-state index is 0.0881. The number of aryl methyl sites for hydroxylation is 1. The Bertz CT molecular complexity index is 995. The molecule has 2 N–H and O–H groups in total. The van der Waals surface area contributed by atoms with Gasteiger partial charge < -0.3 is 15.3 Å². The van der Waals surface area contributed by atoms with Gasteiger partial charge in [0.05, 0.1) is 6.61 Å². The van der Waals surface area contributed by atoms with Gasteiger partial charge in [-0.15, -0.1) is 0 Å². The molecule has 0 saturated carbocycles. The highest BCUT2D eigenvalue weighted by Crippen LogP contribution is 2.25. The number of rotatable bonds is 10. The third kappa shape index (κ3) is 6.49. The second-order valence-electron chi connectivity index (χ2n) is 7.46. The zero-order valence-corrected chi connectivity index (χ0v) is 17.8. The number of carbonyl (C=O) groups is 2. The molecule has 0 radical (unpaired) electrons. The number of aliphatic hydroxyl groups is 1. The summed E-state index contributed by atoms with van der Waals surface area (Å²) in [5.74, 6) is -0.928. The largest absolute Gasteiger partial charge is 0.395 e. The highest BCUT2D eigenvalue weighted by molar-refractivity contribution is 5.88. The molecule has 0 spiro atoms. The molecule has 1 atom stereocenters. The molecule has 0 unspecified atom stereocenters. The SMILES string of the molecule is O=C(NCCO)[C@H](c1ccccc1)N(Cc1ccc(F)cc1)C(=O)CCc1ccccc1. The van der Waals surface area contributed by atoms with Crippen LogP contribution in [-0.2, 0) is 22.6 Å². The van der Waals surface area contributed by atoms with Crippen LogP contribution < -0.4 is 5.32 Å². The van der Waals surface area contributed by atoms with Gasteiger partial charge in [0.15, 0.2) is 0 Å². The quantitative estimate of drug-likeness (QED) is 0.512. The van der Waals surface area contributed by atoms with Gasteiger partial charge in [0.25, 0.3) is 0 Å². The molecule has 0 aliphatic heterocycles. The fourth-order valence-electron chi connectivity index (χ4n) is 3.53. The van der Waals surface area contributed by atoms with Crippen molar-refractivity contribution in [2.24, 2.45) is 0 Å². The van der Waals surface area contributed by atoms with Gasteiger partial charge in [-0.2, -0.15) is 0 Å². The molecule has 0 aromatic heterocycles. The second kappa shape index (κ2) is 11.8. The van der Waals surface area contributed by atoms with Crippen molar-refractivity contribution < 1.29 is 19.1 Å². The summed E-state index contributed by atoms with van der Waals surface area (Å²) in [5.41, 5.74) is 2.41. The van der Waals surface area contributed by atoms with Crippen molar-refractivity contribution >= 4 is 11.8 Å². The third-order valence-electron chi connectivity index (χ3n) is 5.14. The molecule has 2 amide bonds. The van der Waals surface area contributed by atoms with E-state index in [0.29, 0.717) is 12.0 Å². The first-order valence-electron chi connectivity index (χ1n) is 10.6. The van der Waals surface area contributed by atoms with Crippen molar-refractivity contribution in [1.82, 2.24) is 10.2 Å². The molecule has 0 saturated heterocycles. The molecule has 0 aliphatic rings. The summed E-state index contributed by atoms with van der Waals surface area (Å²) in [5, 5.41) is 11.8. The van der Waals surface area contributed by atoms with E-state index in [9.17, 15) is 14.0 Å². The number of benzene rings is 3. The van der Waals surface area contributed by atoms with Gasteiger partial charge in [0.1, 0.15) is 11.9 Å². The fourth-order valence-corrected chi connectivity index (χ4v) is 3.53. The fraction of sp³-hybridized carbons (Fsp3) is 0.231. The molecule has 3 aromatic carbocycles. The average molecular weight is 435 g/mol. The van der Waals surface area contributed by atoms with Crippen molar-refractivity contribution in [2.45, 2.75) is 25.4 Å². The maximum absolute atomic E-state index is 13.4. The van der Waals surface area contributed by atoms with Crippen molar-refractivity contribution in [3.63, 3.8) is 0 Å². The van der Waals surface area contributed by atoms with Crippen LogP contribution in [0.25, 0.3) is 0 Å². The Balaban J connectivity index is 1.91. The van der Waals surface area contributed by atoms with Crippen molar-refractivity contribution in [2.75, 3.05) is 13.2 Å². The predicted molar refractivity (Wildman–Crippen MR) is 121 cm³/mol. The van der Waals surface area contributed by atoms with E-state index in [1.54, 1.807) is 24.3 Å². The van der Waals surface area contributed by atoms with Crippen molar-refractivity contribution in [3.8, 4) is 0 Å². The van der Waals surface area contributed by atoms with E-state index >= 15 is 0 Å². The van der Waals surface area contributed by atoms with E-state index in [0.717, 1.165) is 11.1 Å². The molecule has 0 fully saturated rings. The van der Waals surface area contributed by atoms with E-state index in [1.807, 2.05) is 48.5 Å². The Morgan fingerprint density at radius 1 is 0.875 bits per heavy atom. The normalized spacial score (nSPS) is 11.6. The van der Waals surface area contributed by atoms with Gasteiger partial charge in [-0.05, 0) is 35.2 Å². The van der Waals surface area contributed by atoms with Crippen LogP contribution >= 0.6 is 0 Å². The first-order valence-corrected chi connectivity index (χ1v) is 10.6. The maximum Gasteiger partial charge on any atom is 0.247 e. The van der Waals surface area contributed by atoms with E-state index < -0.39 is 6.04 Å². The minimum Gasteiger partial charge on any atom is -0.395 e. The number of carbonyl (C=O) groups excluding carboxylic acids is 2. The minimum atomic E-state index is -0.879. The lowest BCUT2D eigenvalue weighted by Gasteiger charge is -2.31. The number of nitrogens with zero attached hydrogens (tertiary/aromatic N) is 1. The van der Waals surface area contributed by atoms with Crippen LogP contribution in [0.3, 0.4) is 0 Å². The van der Waals surface area contributed by atoms with Gasteiger partial charge in [-0.25, -0.2) is 4.39 Å². The molecule has 0 bridgehead atoms. The lowest BCUT2D eigenvalue weighted by molar-refractivity contribution is -0.141. The number of nitrogens with one attached hydrogen (secondary N) is 1. The van der Waals surface area contributed by atoms with Crippen LogP contribution in [0.2, 0.25) is 0 Å². The zero-order chi connectivity index (χ0) is 22.8. The molecule has 166 valence electrons. The molecule has 3 aromatic rings. The van der Waals surface area contributed by atoms with Crippen LogP contribution in [0, 0.1) is 5.82 Å². The topological polar surface area (TPSA) is 69.6 Å². The number of hydrogen-bond acceptors (Lipinski definition) is 3. The smallest absolute Gasteiger partial charge is 0.247 e. The van der Waals surface area contributed by atoms with E-state index in [4.69, 9.17) is 5.11 Å². The van der Waals surface area contributed by atoms with Crippen LogP contribution in [0.15, 0.2) is 84.9 Å². The predicted octanol–water partition coefficient (Wildman–Crippen LogP) is 3.64. The number of aliphatic hydroxyl groups excluding tert-OH is 1. The van der Waals surface area contributed by atoms with Gasteiger partial charge in [-0.1, -0.05) is 72.8 Å². The van der Waals surface area contributed by atoms with Gasteiger partial charge in [0.2, 0.25) is 11.8 Å². The molecule has 3 rings (SSSR count). The summed E-state index contributed by atoms with van der Waals surface area (Å²) in [7, 11) is 0. The van der Waals surface area contributed by atoms with Gasteiger partial charge in [-0.3, -0.25) is 9.59 Å². The highest BCUT2D eigenvalue weighted by atomic mass is 19.1. The Labute approximate surface area is 187 Å². The first-order chi connectivity index (χ1) is 15.6. The maximum atomic E-state index is 13.4. The first kappa shape index (κ1) is 23.2. The van der Waals surface area contributed by atoms with Crippen LogP contribution in [0.4, 0.5) is 4.39 Å². The van der Waals surface area contributed by atoms with E-state index in [2.05, 4.69) is 5.32 Å². The summed E-state index contributed by atoms with van der Waals surface area (Å²) < 4.78 is 13.4. The van der Waals surface area contributed by atoms with Crippen LogP contribution in [0.1, 0.15) is 29.2 Å². The lowest BCUT2D eigenvalue weighted by atomic mass is 10.0. The Kier molecular flexibility index (Phi) is 8.52. The van der Waals surface area contributed by atoms with E-state index in [1.165, 1.54) is 17.0 Å². The Hall–Kier alpha value is -3.51. The lowest BCUT2D eigenvalue weighted by Crippen LogP contribution is -2.44. The summed E-state index contributed by atoms with van der Waals surface area (Å²) >= 11 is 0. The van der Waals surface area contributed by atoms with Crippen LogP contribution in [0.5, 0.6) is 0 Å². The number of amides is 2. The molecule has 0 aliphatic carbocycles. The van der Waals surface area contributed by atoms with Gasteiger partial charge >= 0.3 is 0 Å². The molecule has 0 heterocycles. The number of halogens is 1. The Morgan fingerprint density at radius 3 is 2.12 bits per heavy atom. The second-order valence-corrected chi connectivity index (χ2v) is 7.46. The molecule has 6 heteroatoms. The molecule has 32 heavy (non-hydrogen) atoms. The summed E-state index contributed by atoms with van der Waals surface area (Å²) in [4.78, 5) is 28.0. The molecule has 5 nitrogen and oxygen atoms in total. The summed E-state index contributed by atoms with van der Waals surface area (Å²) in [6.07, 6.45) is 0.765. The van der Waals surface area contributed by atoms with E-state index in [-0.39, 0.29) is 43.7 Å². The average Bonchev–Trinajstić information content (AvgIpc) is 2.83. The summed E-state index contributed by atoms with van der Waals surface area (Å²) in [6, 6.07) is 23.8. The monoisotopic (exact) mass is 434 g/mol. The standard InChI is InChI=1S/C26H27FN2O3/c27-23-14-11-21(12-15-23)19-29(24(31)16-13-20-7-3-1-4-8-20)25(26(32)28-17-18-30)22-9-5-2-6-10-22/h1-12,14-15,25,30H,13,16-19H2,(H,28,32)/t25-/m0/s1. The molecular weight excluding hydrogens is 407 g/mol.